The Morgan fingerprint density at radius 1 is 1.38 bits per heavy atom. The Balaban J connectivity index is 3.58. The predicted molar refractivity (Wildman–Crippen MR) is 39.5 cm³/mol. The maximum Gasteiger partial charge on any atom is 0.344 e. The fourth-order valence-electron chi connectivity index (χ4n) is 0.212. The summed E-state index contributed by atoms with van der Waals surface area (Å²) in [5, 5.41) is 0.708. The van der Waals surface area contributed by atoms with Gasteiger partial charge in [-0.2, -0.15) is 12.6 Å². The van der Waals surface area contributed by atoms with Crippen molar-refractivity contribution in [3.63, 3.8) is 0 Å². The van der Waals surface area contributed by atoms with Crippen LogP contribution in [0.3, 0.4) is 0 Å². The zero-order chi connectivity index (χ0) is 6.62. The molecule has 0 spiro atoms. The van der Waals surface area contributed by atoms with Gasteiger partial charge in [0, 0.05) is 19.6 Å². The highest BCUT2D eigenvalue weighted by molar-refractivity contribution is 7.82. The van der Waals surface area contributed by atoms with Gasteiger partial charge in [0.05, 0.1) is 0 Å². The van der Waals surface area contributed by atoms with Crippen LogP contribution in [0.1, 0.15) is 0 Å². The van der Waals surface area contributed by atoms with Gasteiger partial charge in [-0.05, 0) is 6.55 Å². The number of rotatable bonds is 3. The number of thiol groups is 1. The van der Waals surface area contributed by atoms with Crippen LogP contribution in [0.15, 0.2) is 0 Å². The van der Waals surface area contributed by atoms with Gasteiger partial charge in [0.2, 0.25) is 0 Å². The zero-order valence-corrected chi connectivity index (χ0v) is 7.37. The van der Waals surface area contributed by atoms with E-state index in [0.717, 1.165) is 0 Å². The Labute approximate surface area is 56.8 Å². The molecule has 8 heavy (non-hydrogen) atoms. The van der Waals surface area contributed by atoms with Crippen molar-refractivity contribution in [1.29, 1.82) is 0 Å². The van der Waals surface area contributed by atoms with Gasteiger partial charge >= 0.3 is 8.56 Å². The summed E-state index contributed by atoms with van der Waals surface area (Å²) in [6.45, 7) is 1.97. The highest BCUT2D eigenvalue weighted by Gasteiger charge is 2.25. The molecule has 0 unspecified atom stereocenters. The molecule has 0 amide bonds. The van der Waals surface area contributed by atoms with Crippen LogP contribution < -0.4 is 0 Å². The molecule has 0 saturated heterocycles. The summed E-state index contributed by atoms with van der Waals surface area (Å²) < 4.78 is 10.2. The lowest BCUT2D eigenvalue weighted by Gasteiger charge is -2.19. The van der Waals surface area contributed by atoms with Gasteiger partial charge in [-0.25, -0.2) is 0 Å². The third-order valence-electron chi connectivity index (χ3n) is 1.15. The summed E-state index contributed by atoms with van der Waals surface area (Å²) in [6.07, 6.45) is 0. The summed E-state index contributed by atoms with van der Waals surface area (Å²) >= 11 is 4.07. The second-order valence-electron chi connectivity index (χ2n) is 1.70. The largest absolute Gasteiger partial charge is 0.397 e. The molecule has 0 bridgehead atoms. The summed E-state index contributed by atoms with van der Waals surface area (Å²) in [5.74, 6) is 0. The second-order valence-corrected chi connectivity index (χ2v) is 6.05. The first-order valence-corrected chi connectivity index (χ1v) is 5.55. The van der Waals surface area contributed by atoms with E-state index in [1.165, 1.54) is 0 Å². The van der Waals surface area contributed by atoms with E-state index in [-0.39, 0.29) is 0 Å². The van der Waals surface area contributed by atoms with E-state index in [0.29, 0.717) is 5.38 Å². The molecule has 50 valence electrons. The molecule has 0 radical (unpaired) electrons. The van der Waals surface area contributed by atoms with E-state index in [1.54, 1.807) is 14.2 Å². The van der Waals surface area contributed by atoms with Crippen molar-refractivity contribution in [3.8, 4) is 0 Å². The van der Waals surface area contributed by atoms with E-state index in [1.807, 2.05) is 6.55 Å². The molecule has 4 heteroatoms. The van der Waals surface area contributed by atoms with Crippen molar-refractivity contribution in [2.24, 2.45) is 0 Å². The molecule has 0 aliphatic rings. The Hall–Kier alpha value is 0.487. The van der Waals surface area contributed by atoms with E-state index in [9.17, 15) is 0 Å². The first-order chi connectivity index (χ1) is 3.68. The molecular formula is C4H12O2SSi. The predicted octanol–water partition coefficient (Wildman–Crippen LogP) is 0.820. The van der Waals surface area contributed by atoms with Crippen molar-refractivity contribution in [3.05, 3.63) is 0 Å². The lowest BCUT2D eigenvalue weighted by atomic mass is 11.8. The zero-order valence-electron chi connectivity index (χ0n) is 5.47. The van der Waals surface area contributed by atoms with Crippen molar-refractivity contribution < 1.29 is 8.85 Å². The van der Waals surface area contributed by atoms with Crippen LogP contribution in [-0.2, 0) is 8.85 Å². The Morgan fingerprint density at radius 2 is 1.75 bits per heavy atom. The molecule has 0 fully saturated rings. The Bertz CT molecular complexity index is 56.8. The van der Waals surface area contributed by atoms with Gasteiger partial charge in [-0.15, -0.1) is 0 Å². The van der Waals surface area contributed by atoms with Crippen LogP contribution in [-0.4, -0.2) is 28.2 Å². The van der Waals surface area contributed by atoms with E-state index >= 15 is 0 Å². The fourth-order valence-corrected chi connectivity index (χ4v) is 1.41. The van der Waals surface area contributed by atoms with Crippen molar-refractivity contribution >= 4 is 21.2 Å². The molecule has 0 rings (SSSR count). The van der Waals surface area contributed by atoms with Crippen LogP contribution in [0.2, 0.25) is 6.55 Å². The maximum absolute atomic E-state index is 5.08. The van der Waals surface area contributed by atoms with Gasteiger partial charge in [0.25, 0.3) is 0 Å². The van der Waals surface area contributed by atoms with Crippen molar-refractivity contribution in [2.45, 2.75) is 6.55 Å². The molecule has 0 N–H and O–H groups in total. The van der Waals surface area contributed by atoms with Crippen LogP contribution in [0.4, 0.5) is 0 Å². The highest BCUT2D eigenvalue weighted by atomic mass is 32.1. The molecule has 0 saturated carbocycles. The average molecular weight is 152 g/mol. The lowest BCUT2D eigenvalue weighted by molar-refractivity contribution is 0.257. The second kappa shape index (κ2) is 3.50. The topological polar surface area (TPSA) is 18.5 Å². The molecule has 0 aromatic heterocycles. The minimum Gasteiger partial charge on any atom is -0.397 e. The quantitative estimate of drug-likeness (QED) is 0.477. The summed E-state index contributed by atoms with van der Waals surface area (Å²) in [6, 6.07) is 0. The van der Waals surface area contributed by atoms with Crippen LogP contribution >= 0.6 is 12.6 Å². The summed E-state index contributed by atoms with van der Waals surface area (Å²) in [7, 11) is 1.51. The SMILES string of the molecule is CO[Si](C)(CS)OC. The monoisotopic (exact) mass is 152 g/mol. The molecule has 0 atom stereocenters. The van der Waals surface area contributed by atoms with E-state index < -0.39 is 8.56 Å². The first kappa shape index (κ1) is 8.49. The third-order valence-corrected chi connectivity index (χ3v) is 5.18. The summed E-state index contributed by atoms with van der Waals surface area (Å²) in [4.78, 5) is 0. The first-order valence-electron chi connectivity index (χ1n) is 2.39. The van der Waals surface area contributed by atoms with Crippen LogP contribution in [0, 0.1) is 0 Å². The number of hydrogen-bond donors (Lipinski definition) is 1. The minimum atomic E-state index is -1.81. The molecule has 0 aromatic rings. The third kappa shape index (κ3) is 2.17. The lowest BCUT2D eigenvalue weighted by Crippen LogP contribution is -2.38. The number of hydrogen-bond acceptors (Lipinski definition) is 3. The average Bonchev–Trinajstić information content (AvgIpc) is 1.87. The fraction of sp³-hybridized carbons (Fsp3) is 1.00. The van der Waals surface area contributed by atoms with Gasteiger partial charge in [-0.1, -0.05) is 0 Å². The van der Waals surface area contributed by atoms with Crippen molar-refractivity contribution in [2.75, 3.05) is 19.6 Å². The molecule has 0 aliphatic carbocycles. The molecule has 0 aliphatic heterocycles. The maximum atomic E-state index is 5.08. The molecule has 0 aromatic carbocycles. The van der Waals surface area contributed by atoms with Gasteiger partial charge < -0.3 is 8.85 Å². The summed E-state index contributed by atoms with van der Waals surface area (Å²) in [5.41, 5.74) is 0. The molecule has 2 nitrogen and oxygen atoms in total. The minimum absolute atomic E-state index is 0.708. The van der Waals surface area contributed by atoms with E-state index in [2.05, 4.69) is 12.6 Å². The van der Waals surface area contributed by atoms with Gasteiger partial charge in [0.1, 0.15) is 0 Å². The van der Waals surface area contributed by atoms with Crippen LogP contribution in [0.5, 0.6) is 0 Å². The van der Waals surface area contributed by atoms with E-state index in [4.69, 9.17) is 8.85 Å². The van der Waals surface area contributed by atoms with Crippen molar-refractivity contribution in [1.82, 2.24) is 0 Å². The van der Waals surface area contributed by atoms with Crippen LogP contribution in [0.25, 0.3) is 0 Å². The Kier molecular flexibility index (Phi) is 3.71. The highest BCUT2D eigenvalue weighted by Crippen LogP contribution is 2.04. The standard InChI is InChI=1S/C4H12O2SSi/c1-5-8(3,4-7)6-2/h7H,4H2,1-3H3. The molecule has 0 heterocycles. The molecular weight excluding hydrogens is 140 g/mol. The normalized spacial score (nSPS) is 12.0. The smallest absolute Gasteiger partial charge is 0.344 e. The Morgan fingerprint density at radius 3 is 1.75 bits per heavy atom. The van der Waals surface area contributed by atoms with Gasteiger partial charge in [0.15, 0.2) is 0 Å². The van der Waals surface area contributed by atoms with Gasteiger partial charge in [-0.3, -0.25) is 0 Å².